The molecule has 4 aromatic rings. The lowest BCUT2D eigenvalue weighted by atomic mass is 10.1. The van der Waals surface area contributed by atoms with Crippen LogP contribution in [0.5, 0.6) is 0 Å². The number of carbonyl (C=O) groups is 1. The molecule has 0 amide bonds. The Morgan fingerprint density at radius 3 is 2.80 bits per heavy atom. The number of rotatable bonds is 4. The fourth-order valence-corrected chi connectivity index (χ4v) is 2.75. The summed E-state index contributed by atoms with van der Waals surface area (Å²) in [6, 6.07) is 17.6. The Labute approximate surface area is 144 Å². The SMILES string of the molecule is CCOC(=O)c1cc(-c2ccc3c(cnn3-c3ccccc3)c2)n[nH]1. The minimum Gasteiger partial charge on any atom is -0.461 e. The molecule has 4 rings (SSSR count). The summed E-state index contributed by atoms with van der Waals surface area (Å²) in [4.78, 5) is 11.8. The van der Waals surface area contributed by atoms with Gasteiger partial charge in [0.15, 0.2) is 0 Å². The monoisotopic (exact) mass is 332 g/mol. The van der Waals surface area contributed by atoms with Crippen molar-refractivity contribution in [1.82, 2.24) is 20.0 Å². The third-order valence-electron chi connectivity index (χ3n) is 3.94. The van der Waals surface area contributed by atoms with Gasteiger partial charge in [-0.3, -0.25) is 5.10 Å². The first-order valence-electron chi connectivity index (χ1n) is 8.02. The fourth-order valence-electron chi connectivity index (χ4n) is 2.75. The number of H-pyrrole nitrogens is 1. The maximum Gasteiger partial charge on any atom is 0.356 e. The van der Waals surface area contributed by atoms with Crippen molar-refractivity contribution >= 4 is 16.9 Å². The zero-order valence-electron chi connectivity index (χ0n) is 13.6. The molecule has 0 radical (unpaired) electrons. The highest BCUT2D eigenvalue weighted by Crippen LogP contribution is 2.25. The third kappa shape index (κ3) is 2.78. The van der Waals surface area contributed by atoms with Gasteiger partial charge >= 0.3 is 5.97 Å². The number of ether oxygens (including phenoxy) is 1. The molecule has 0 fully saturated rings. The smallest absolute Gasteiger partial charge is 0.356 e. The number of nitrogens with one attached hydrogen (secondary N) is 1. The molecule has 2 heterocycles. The summed E-state index contributed by atoms with van der Waals surface area (Å²) in [5.41, 5.74) is 3.96. The number of aromatic amines is 1. The number of carbonyl (C=O) groups excluding carboxylic acids is 1. The molecule has 6 nitrogen and oxygen atoms in total. The van der Waals surface area contributed by atoms with Crippen molar-refractivity contribution in [3.63, 3.8) is 0 Å². The minimum absolute atomic E-state index is 0.331. The average Bonchev–Trinajstić information content (AvgIpc) is 3.29. The normalized spacial score (nSPS) is 10.9. The number of fused-ring (bicyclic) bond motifs is 1. The number of esters is 1. The van der Waals surface area contributed by atoms with Crippen LogP contribution in [0.25, 0.3) is 27.8 Å². The highest BCUT2D eigenvalue weighted by atomic mass is 16.5. The molecule has 0 atom stereocenters. The van der Waals surface area contributed by atoms with Crippen molar-refractivity contribution in [2.45, 2.75) is 6.92 Å². The van der Waals surface area contributed by atoms with Gasteiger partial charge in [0.1, 0.15) is 5.69 Å². The summed E-state index contributed by atoms with van der Waals surface area (Å²) >= 11 is 0. The zero-order chi connectivity index (χ0) is 17.2. The zero-order valence-corrected chi connectivity index (χ0v) is 13.6. The second-order valence-corrected chi connectivity index (χ2v) is 5.55. The van der Waals surface area contributed by atoms with Crippen LogP contribution in [0.15, 0.2) is 60.8 Å². The molecule has 2 aromatic carbocycles. The van der Waals surface area contributed by atoms with E-state index >= 15 is 0 Å². The quantitative estimate of drug-likeness (QED) is 0.580. The fraction of sp³-hybridized carbons (Fsp3) is 0.105. The van der Waals surface area contributed by atoms with E-state index < -0.39 is 5.97 Å². The Hall–Kier alpha value is -3.41. The van der Waals surface area contributed by atoms with Gasteiger partial charge in [-0.1, -0.05) is 24.3 Å². The summed E-state index contributed by atoms with van der Waals surface area (Å²) in [6.07, 6.45) is 1.82. The summed E-state index contributed by atoms with van der Waals surface area (Å²) < 4.78 is 6.87. The predicted octanol–water partition coefficient (Wildman–Crippen LogP) is 3.59. The molecule has 0 saturated carbocycles. The summed E-state index contributed by atoms with van der Waals surface area (Å²) in [5.74, 6) is -0.403. The Balaban J connectivity index is 1.70. The number of hydrogen-bond donors (Lipinski definition) is 1. The maximum atomic E-state index is 11.8. The lowest BCUT2D eigenvalue weighted by Gasteiger charge is -2.03. The van der Waals surface area contributed by atoms with E-state index in [0.717, 1.165) is 22.2 Å². The van der Waals surface area contributed by atoms with Crippen molar-refractivity contribution in [2.24, 2.45) is 0 Å². The van der Waals surface area contributed by atoms with Crippen LogP contribution in [-0.2, 0) is 4.74 Å². The van der Waals surface area contributed by atoms with Gasteiger partial charge in [-0.05, 0) is 37.3 Å². The van der Waals surface area contributed by atoms with Crippen LogP contribution < -0.4 is 0 Å². The second kappa shape index (κ2) is 6.24. The minimum atomic E-state index is -0.403. The topological polar surface area (TPSA) is 72.8 Å². The molecule has 0 aliphatic rings. The Bertz CT molecular complexity index is 1030. The first kappa shape index (κ1) is 15.1. The molecule has 2 aromatic heterocycles. The Morgan fingerprint density at radius 1 is 1.16 bits per heavy atom. The van der Waals surface area contributed by atoms with Crippen LogP contribution in [0.4, 0.5) is 0 Å². The second-order valence-electron chi connectivity index (χ2n) is 5.55. The molecule has 0 unspecified atom stereocenters. The first-order valence-corrected chi connectivity index (χ1v) is 8.02. The van der Waals surface area contributed by atoms with Crippen molar-refractivity contribution < 1.29 is 9.53 Å². The molecule has 0 saturated heterocycles. The largest absolute Gasteiger partial charge is 0.461 e. The van der Waals surface area contributed by atoms with E-state index in [9.17, 15) is 4.79 Å². The van der Waals surface area contributed by atoms with Gasteiger partial charge in [0.05, 0.1) is 29.7 Å². The van der Waals surface area contributed by atoms with Crippen LogP contribution in [0.2, 0.25) is 0 Å². The van der Waals surface area contributed by atoms with Gasteiger partial charge in [0, 0.05) is 10.9 Å². The van der Waals surface area contributed by atoms with Crippen LogP contribution in [0, 0.1) is 0 Å². The molecule has 25 heavy (non-hydrogen) atoms. The van der Waals surface area contributed by atoms with Gasteiger partial charge in [-0.25, -0.2) is 9.48 Å². The predicted molar refractivity (Wildman–Crippen MR) is 94.6 cm³/mol. The van der Waals surface area contributed by atoms with Gasteiger partial charge in [-0.2, -0.15) is 10.2 Å². The number of para-hydroxylation sites is 1. The standard InChI is InChI=1S/C19H16N4O2/c1-2-25-19(24)17-11-16(21-22-17)13-8-9-18-14(10-13)12-20-23(18)15-6-4-3-5-7-15/h3-12H,2H2,1H3,(H,21,22). The number of nitrogens with zero attached hydrogens (tertiary/aromatic N) is 3. The lowest BCUT2D eigenvalue weighted by molar-refractivity contribution is 0.0519. The van der Waals surface area contributed by atoms with Crippen molar-refractivity contribution in [1.29, 1.82) is 0 Å². The molecule has 124 valence electrons. The lowest BCUT2D eigenvalue weighted by Crippen LogP contribution is -2.04. The van der Waals surface area contributed by atoms with Crippen LogP contribution in [0.3, 0.4) is 0 Å². The number of aromatic nitrogens is 4. The summed E-state index contributed by atoms with van der Waals surface area (Å²) in [5, 5.41) is 12.4. The van der Waals surface area contributed by atoms with E-state index in [1.807, 2.05) is 59.4 Å². The van der Waals surface area contributed by atoms with Crippen molar-refractivity contribution in [3.8, 4) is 16.9 Å². The molecular weight excluding hydrogens is 316 g/mol. The van der Waals surface area contributed by atoms with Crippen molar-refractivity contribution in [3.05, 3.63) is 66.5 Å². The molecule has 1 N–H and O–H groups in total. The Morgan fingerprint density at radius 2 is 2.00 bits per heavy atom. The molecular formula is C19H16N4O2. The van der Waals surface area contributed by atoms with E-state index in [2.05, 4.69) is 15.3 Å². The molecule has 0 aliphatic carbocycles. The van der Waals surface area contributed by atoms with Gasteiger partial charge in [0.2, 0.25) is 0 Å². The molecule has 0 aliphatic heterocycles. The molecule has 0 spiro atoms. The third-order valence-corrected chi connectivity index (χ3v) is 3.94. The highest BCUT2D eigenvalue weighted by Gasteiger charge is 2.13. The highest BCUT2D eigenvalue weighted by molar-refractivity contribution is 5.90. The number of benzene rings is 2. The van der Waals surface area contributed by atoms with Crippen molar-refractivity contribution in [2.75, 3.05) is 6.61 Å². The van der Waals surface area contributed by atoms with Gasteiger partial charge in [0.25, 0.3) is 0 Å². The van der Waals surface area contributed by atoms with Crippen LogP contribution in [0.1, 0.15) is 17.4 Å². The van der Waals surface area contributed by atoms with Crippen LogP contribution >= 0.6 is 0 Å². The van der Waals surface area contributed by atoms with Gasteiger partial charge in [-0.15, -0.1) is 0 Å². The first-order chi connectivity index (χ1) is 12.3. The van der Waals surface area contributed by atoms with Crippen LogP contribution in [-0.4, -0.2) is 32.6 Å². The Kier molecular flexibility index (Phi) is 3.78. The van der Waals surface area contributed by atoms with E-state index in [-0.39, 0.29) is 0 Å². The van der Waals surface area contributed by atoms with E-state index in [4.69, 9.17) is 4.74 Å². The average molecular weight is 332 g/mol. The molecule has 0 bridgehead atoms. The van der Waals surface area contributed by atoms with E-state index in [1.165, 1.54) is 0 Å². The van der Waals surface area contributed by atoms with Gasteiger partial charge < -0.3 is 4.74 Å². The van der Waals surface area contributed by atoms with E-state index in [0.29, 0.717) is 18.0 Å². The molecule has 6 heteroatoms. The summed E-state index contributed by atoms with van der Waals surface area (Å²) in [7, 11) is 0. The summed E-state index contributed by atoms with van der Waals surface area (Å²) in [6.45, 7) is 2.10. The maximum absolute atomic E-state index is 11.8. The number of hydrogen-bond acceptors (Lipinski definition) is 4. The van der Waals surface area contributed by atoms with E-state index in [1.54, 1.807) is 13.0 Å².